The van der Waals surface area contributed by atoms with Crippen LogP contribution in [-0.2, 0) is 0 Å². The molecule has 98 valence electrons. The van der Waals surface area contributed by atoms with Gasteiger partial charge in [-0.1, -0.05) is 17.7 Å². The SMILES string of the molecule is Cc1ccc(-n2nc(C)c(/C=C/[N+](=O)[O-])c2C)cc1. The number of aryl methyl sites for hydroxylation is 2. The predicted octanol–water partition coefficient (Wildman–Crippen LogP) is 3.04. The fraction of sp³-hybridized carbons (Fsp3) is 0.214. The highest BCUT2D eigenvalue weighted by molar-refractivity contribution is 5.55. The first-order valence-corrected chi connectivity index (χ1v) is 5.94. The number of nitro groups is 1. The summed E-state index contributed by atoms with van der Waals surface area (Å²) in [5, 5.41) is 14.8. The first-order chi connectivity index (χ1) is 8.99. The van der Waals surface area contributed by atoms with Crippen molar-refractivity contribution in [2.75, 3.05) is 0 Å². The van der Waals surface area contributed by atoms with Crippen molar-refractivity contribution in [3.05, 3.63) is 63.1 Å². The van der Waals surface area contributed by atoms with E-state index in [1.807, 2.05) is 45.0 Å². The van der Waals surface area contributed by atoms with E-state index in [1.54, 1.807) is 4.68 Å². The fourth-order valence-electron chi connectivity index (χ4n) is 1.97. The highest BCUT2D eigenvalue weighted by Crippen LogP contribution is 2.19. The molecule has 0 spiro atoms. The minimum Gasteiger partial charge on any atom is -0.259 e. The summed E-state index contributed by atoms with van der Waals surface area (Å²) >= 11 is 0. The Kier molecular flexibility index (Phi) is 3.46. The highest BCUT2D eigenvalue weighted by atomic mass is 16.6. The van der Waals surface area contributed by atoms with Gasteiger partial charge in [0.25, 0.3) is 0 Å². The van der Waals surface area contributed by atoms with Crippen LogP contribution in [0.15, 0.2) is 30.5 Å². The largest absolute Gasteiger partial charge is 0.259 e. The molecule has 5 nitrogen and oxygen atoms in total. The number of benzene rings is 1. The van der Waals surface area contributed by atoms with Crippen molar-refractivity contribution in [3.8, 4) is 5.69 Å². The molecule has 0 atom stereocenters. The van der Waals surface area contributed by atoms with Crippen LogP contribution < -0.4 is 0 Å². The average Bonchev–Trinajstić information content (AvgIpc) is 2.63. The van der Waals surface area contributed by atoms with E-state index in [4.69, 9.17) is 0 Å². The summed E-state index contributed by atoms with van der Waals surface area (Å²) in [5.41, 5.74) is 4.58. The fourth-order valence-corrected chi connectivity index (χ4v) is 1.97. The Morgan fingerprint density at radius 3 is 2.42 bits per heavy atom. The van der Waals surface area contributed by atoms with E-state index in [1.165, 1.54) is 11.6 Å². The van der Waals surface area contributed by atoms with Crippen LogP contribution in [0.2, 0.25) is 0 Å². The van der Waals surface area contributed by atoms with Crippen LogP contribution in [-0.4, -0.2) is 14.7 Å². The van der Waals surface area contributed by atoms with Crippen LogP contribution in [0.4, 0.5) is 0 Å². The lowest BCUT2D eigenvalue weighted by Crippen LogP contribution is -1.98. The number of hydrogen-bond donors (Lipinski definition) is 0. The molecule has 0 fully saturated rings. The molecule has 1 heterocycles. The third kappa shape index (κ3) is 2.70. The summed E-state index contributed by atoms with van der Waals surface area (Å²) in [6.45, 7) is 5.77. The van der Waals surface area contributed by atoms with Gasteiger partial charge < -0.3 is 0 Å². The van der Waals surface area contributed by atoms with Crippen LogP contribution >= 0.6 is 0 Å². The molecule has 0 aliphatic rings. The van der Waals surface area contributed by atoms with E-state index in [9.17, 15) is 10.1 Å². The maximum Gasteiger partial charge on any atom is 0.235 e. The lowest BCUT2D eigenvalue weighted by molar-refractivity contribution is -0.400. The van der Waals surface area contributed by atoms with Crippen LogP contribution in [0.3, 0.4) is 0 Å². The molecule has 0 amide bonds. The Morgan fingerprint density at radius 1 is 1.21 bits per heavy atom. The minimum atomic E-state index is -0.470. The van der Waals surface area contributed by atoms with Crippen molar-refractivity contribution in [1.29, 1.82) is 0 Å². The van der Waals surface area contributed by atoms with Gasteiger partial charge in [-0.15, -0.1) is 0 Å². The Morgan fingerprint density at radius 2 is 1.84 bits per heavy atom. The van der Waals surface area contributed by atoms with Gasteiger partial charge in [0.1, 0.15) is 0 Å². The second-order valence-electron chi connectivity index (χ2n) is 4.43. The summed E-state index contributed by atoms with van der Waals surface area (Å²) in [7, 11) is 0. The molecule has 0 aliphatic carbocycles. The predicted molar refractivity (Wildman–Crippen MR) is 73.8 cm³/mol. The van der Waals surface area contributed by atoms with E-state index >= 15 is 0 Å². The van der Waals surface area contributed by atoms with Gasteiger partial charge in [-0.25, -0.2) is 4.68 Å². The Bertz CT molecular complexity index is 639. The zero-order valence-corrected chi connectivity index (χ0v) is 11.1. The van der Waals surface area contributed by atoms with Crippen molar-refractivity contribution in [2.24, 2.45) is 0 Å². The smallest absolute Gasteiger partial charge is 0.235 e. The second-order valence-corrected chi connectivity index (χ2v) is 4.43. The van der Waals surface area contributed by atoms with Crippen LogP contribution in [0, 0.1) is 30.9 Å². The van der Waals surface area contributed by atoms with Gasteiger partial charge >= 0.3 is 0 Å². The van der Waals surface area contributed by atoms with Crippen molar-refractivity contribution in [2.45, 2.75) is 20.8 Å². The molecule has 0 saturated heterocycles. The molecule has 0 bridgehead atoms. The molecule has 5 heteroatoms. The second kappa shape index (κ2) is 5.06. The van der Waals surface area contributed by atoms with E-state index in [0.717, 1.165) is 28.8 Å². The zero-order chi connectivity index (χ0) is 14.0. The van der Waals surface area contributed by atoms with Gasteiger partial charge in [0.2, 0.25) is 6.20 Å². The molecule has 0 aliphatic heterocycles. The first-order valence-electron chi connectivity index (χ1n) is 5.94. The van der Waals surface area contributed by atoms with E-state index in [0.29, 0.717) is 0 Å². The lowest BCUT2D eigenvalue weighted by Gasteiger charge is -2.04. The Labute approximate surface area is 111 Å². The van der Waals surface area contributed by atoms with Gasteiger partial charge in [-0.05, 0) is 32.9 Å². The molecule has 1 aromatic heterocycles. The summed E-state index contributed by atoms with van der Waals surface area (Å²) in [4.78, 5) is 9.93. The van der Waals surface area contributed by atoms with Gasteiger partial charge in [0.05, 0.1) is 16.3 Å². The van der Waals surface area contributed by atoms with Crippen molar-refractivity contribution in [3.63, 3.8) is 0 Å². The monoisotopic (exact) mass is 257 g/mol. The summed E-state index contributed by atoms with van der Waals surface area (Å²) in [6.07, 6.45) is 2.43. The van der Waals surface area contributed by atoms with E-state index in [-0.39, 0.29) is 0 Å². The average molecular weight is 257 g/mol. The minimum absolute atomic E-state index is 0.470. The molecule has 2 aromatic rings. The van der Waals surface area contributed by atoms with Crippen LogP contribution in [0.5, 0.6) is 0 Å². The lowest BCUT2D eigenvalue weighted by atomic mass is 10.2. The van der Waals surface area contributed by atoms with Gasteiger partial charge in [0.15, 0.2) is 0 Å². The first kappa shape index (κ1) is 13.0. The highest BCUT2D eigenvalue weighted by Gasteiger charge is 2.11. The number of nitrogens with zero attached hydrogens (tertiary/aromatic N) is 3. The normalized spacial score (nSPS) is 11.1. The van der Waals surface area contributed by atoms with E-state index < -0.39 is 4.92 Å². The third-order valence-corrected chi connectivity index (χ3v) is 2.99. The number of rotatable bonds is 3. The standard InChI is InChI=1S/C14H15N3O2/c1-10-4-6-13(7-5-10)17-12(3)14(11(2)15-17)8-9-16(18)19/h4-9H,1-3H3/b9-8+. The maximum atomic E-state index is 10.4. The molecule has 1 aromatic carbocycles. The maximum absolute atomic E-state index is 10.4. The molecule has 0 radical (unpaired) electrons. The van der Waals surface area contributed by atoms with Crippen molar-refractivity contribution in [1.82, 2.24) is 9.78 Å². The summed E-state index contributed by atoms with van der Waals surface area (Å²) < 4.78 is 1.80. The molecular weight excluding hydrogens is 242 g/mol. The molecule has 0 unspecified atom stereocenters. The molecule has 19 heavy (non-hydrogen) atoms. The Balaban J connectivity index is 2.46. The quantitative estimate of drug-likeness (QED) is 0.627. The van der Waals surface area contributed by atoms with Gasteiger partial charge in [-0.3, -0.25) is 10.1 Å². The third-order valence-electron chi connectivity index (χ3n) is 2.99. The zero-order valence-electron chi connectivity index (χ0n) is 11.1. The molecule has 0 saturated carbocycles. The van der Waals surface area contributed by atoms with Crippen molar-refractivity contribution >= 4 is 6.08 Å². The number of aromatic nitrogens is 2. The Hall–Kier alpha value is -2.43. The summed E-state index contributed by atoms with van der Waals surface area (Å²) in [6, 6.07) is 7.99. The topological polar surface area (TPSA) is 61.0 Å². The molecular formula is C14H15N3O2. The number of hydrogen-bond acceptors (Lipinski definition) is 3. The van der Waals surface area contributed by atoms with Gasteiger partial charge in [-0.2, -0.15) is 5.10 Å². The van der Waals surface area contributed by atoms with Crippen LogP contribution in [0.25, 0.3) is 11.8 Å². The van der Waals surface area contributed by atoms with Crippen LogP contribution in [0.1, 0.15) is 22.5 Å². The molecule has 0 N–H and O–H groups in total. The summed E-state index contributed by atoms with van der Waals surface area (Å²) in [5.74, 6) is 0. The van der Waals surface area contributed by atoms with Gasteiger partial charge in [0, 0.05) is 17.3 Å². The molecule has 2 rings (SSSR count). The van der Waals surface area contributed by atoms with Crippen molar-refractivity contribution < 1.29 is 4.92 Å². The van der Waals surface area contributed by atoms with E-state index in [2.05, 4.69) is 5.10 Å².